The number of thiazole rings is 1. The van der Waals surface area contributed by atoms with E-state index >= 15 is 0 Å². The lowest BCUT2D eigenvalue weighted by atomic mass is 10.1. The Morgan fingerprint density at radius 1 is 1.18 bits per heavy atom. The van der Waals surface area contributed by atoms with Gasteiger partial charge < -0.3 is 9.64 Å². The molecule has 2 aromatic carbocycles. The van der Waals surface area contributed by atoms with Crippen LogP contribution < -0.4 is 9.64 Å². The second-order valence-corrected chi connectivity index (χ2v) is 7.82. The molecule has 1 aliphatic rings. The van der Waals surface area contributed by atoms with Gasteiger partial charge in [0.05, 0.1) is 12.8 Å². The summed E-state index contributed by atoms with van der Waals surface area (Å²) in [7, 11) is 1.65. The van der Waals surface area contributed by atoms with Gasteiger partial charge in [-0.15, -0.1) is 11.3 Å². The molecule has 1 atom stereocenters. The largest absolute Gasteiger partial charge is 0.497 e. The first kappa shape index (κ1) is 17.0. The molecule has 0 radical (unpaired) electrons. The highest BCUT2D eigenvalue weighted by atomic mass is 32.1. The lowest BCUT2D eigenvalue weighted by molar-refractivity contribution is 0.0976. The standard InChI is InChI=1S/C22H19N3O2S/c1-14-11-16-5-3-4-6-19(16)25(14)21(26)20-13-28-22-23-18(12-24(20)22)15-7-9-17(27-2)10-8-15/h3-10,12-14H,11H2,1-2H3. The molecule has 0 bridgehead atoms. The van der Waals surface area contributed by atoms with E-state index in [2.05, 4.69) is 13.0 Å². The van der Waals surface area contributed by atoms with Crippen molar-refractivity contribution in [3.05, 3.63) is 71.4 Å². The minimum absolute atomic E-state index is 0.0161. The summed E-state index contributed by atoms with van der Waals surface area (Å²) < 4.78 is 7.12. The summed E-state index contributed by atoms with van der Waals surface area (Å²) in [6.45, 7) is 2.10. The van der Waals surface area contributed by atoms with Crippen LogP contribution in [0, 0.1) is 0 Å². The van der Waals surface area contributed by atoms with Gasteiger partial charge >= 0.3 is 0 Å². The van der Waals surface area contributed by atoms with E-state index in [9.17, 15) is 4.79 Å². The van der Waals surface area contributed by atoms with Gasteiger partial charge in [-0.05, 0) is 49.2 Å². The van der Waals surface area contributed by atoms with Crippen LogP contribution in [0.25, 0.3) is 16.2 Å². The van der Waals surface area contributed by atoms with Crippen molar-refractivity contribution in [1.82, 2.24) is 9.38 Å². The lowest BCUT2D eigenvalue weighted by Gasteiger charge is -2.22. The second kappa shape index (κ2) is 6.49. The van der Waals surface area contributed by atoms with Crippen LogP contribution in [-0.2, 0) is 6.42 Å². The molecule has 5 rings (SSSR count). The van der Waals surface area contributed by atoms with Crippen molar-refractivity contribution >= 4 is 27.9 Å². The topological polar surface area (TPSA) is 46.8 Å². The van der Waals surface area contributed by atoms with Crippen LogP contribution >= 0.6 is 11.3 Å². The van der Waals surface area contributed by atoms with Crippen LogP contribution in [0.15, 0.2) is 60.1 Å². The highest BCUT2D eigenvalue weighted by Crippen LogP contribution is 2.34. The maximum atomic E-state index is 13.4. The number of imidazole rings is 1. The minimum atomic E-state index is 0.0161. The van der Waals surface area contributed by atoms with Crippen LogP contribution in [0.5, 0.6) is 5.75 Å². The summed E-state index contributed by atoms with van der Waals surface area (Å²) in [6, 6.07) is 16.1. The Kier molecular flexibility index (Phi) is 3.94. The lowest BCUT2D eigenvalue weighted by Crippen LogP contribution is -2.36. The molecule has 0 saturated heterocycles. The van der Waals surface area contributed by atoms with Crippen molar-refractivity contribution in [2.45, 2.75) is 19.4 Å². The second-order valence-electron chi connectivity index (χ2n) is 6.99. The van der Waals surface area contributed by atoms with Gasteiger partial charge in [0, 0.05) is 28.9 Å². The number of nitrogens with zero attached hydrogens (tertiary/aromatic N) is 3. The van der Waals surface area contributed by atoms with E-state index in [1.165, 1.54) is 16.9 Å². The number of hydrogen-bond acceptors (Lipinski definition) is 4. The fraction of sp³-hybridized carbons (Fsp3) is 0.182. The summed E-state index contributed by atoms with van der Waals surface area (Å²) in [5.74, 6) is 0.824. The molecule has 5 nitrogen and oxygen atoms in total. The number of hydrogen-bond donors (Lipinski definition) is 0. The molecular weight excluding hydrogens is 370 g/mol. The fourth-order valence-corrected chi connectivity index (χ4v) is 4.68. The van der Waals surface area contributed by atoms with Crippen LogP contribution in [0.3, 0.4) is 0 Å². The predicted molar refractivity (Wildman–Crippen MR) is 111 cm³/mol. The van der Waals surface area contributed by atoms with E-state index in [4.69, 9.17) is 9.72 Å². The zero-order valence-electron chi connectivity index (χ0n) is 15.6. The number of fused-ring (bicyclic) bond motifs is 2. The molecule has 6 heteroatoms. The summed E-state index contributed by atoms with van der Waals surface area (Å²) in [6.07, 6.45) is 2.82. The Bertz CT molecular complexity index is 1180. The van der Waals surface area contributed by atoms with Gasteiger partial charge in [0.1, 0.15) is 11.4 Å². The van der Waals surface area contributed by atoms with Crippen LogP contribution in [0.4, 0.5) is 5.69 Å². The Hall–Kier alpha value is -3.12. The van der Waals surface area contributed by atoms with Crippen molar-refractivity contribution in [3.63, 3.8) is 0 Å². The Morgan fingerprint density at radius 2 is 1.96 bits per heavy atom. The van der Waals surface area contributed by atoms with E-state index < -0.39 is 0 Å². The van der Waals surface area contributed by atoms with E-state index in [1.807, 2.05) is 63.3 Å². The smallest absolute Gasteiger partial charge is 0.276 e. The third kappa shape index (κ3) is 2.60. The monoisotopic (exact) mass is 389 g/mol. The first-order valence-corrected chi connectivity index (χ1v) is 10.1. The van der Waals surface area contributed by atoms with Gasteiger partial charge in [-0.3, -0.25) is 9.20 Å². The van der Waals surface area contributed by atoms with Crippen molar-refractivity contribution in [2.75, 3.05) is 12.0 Å². The number of aromatic nitrogens is 2. The molecule has 0 aliphatic carbocycles. The summed E-state index contributed by atoms with van der Waals surface area (Å²) in [5.41, 5.74) is 4.72. The normalized spacial score (nSPS) is 15.8. The van der Waals surface area contributed by atoms with Crippen LogP contribution in [0.1, 0.15) is 23.0 Å². The zero-order valence-corrected chi connectivity index (χ0v) is 16.4. The van der Waals surface area contributed by atoms with Crippen molar-refractivity contribution < 1.29 is 9.53 Å². The van der Waals surface area contributed by atoms with E-state index in [0.717, 1.165) is 34.1 Å². The molecule has 140 valence electrons. The van der Waals surface area contributed by atoms with E-state index in [0.29, 0.717) is 5.69 Å². The SMILES string of the molecule is COc1ccc(-c2cn3c(C(=O)N4c5ccccc5CC4C)csc3n2)cc1. The number of anilines is 1. The first-order chi connectivity index (χ1) is 13.7. The molecule has 28 heavy (non-hydrogen) atoms. The maximum Gasteiger partial charge on any atom is 0.276 e. The van der Waals surface area contributed by atoms with Crippen LogP contribution in [-0.4, -0.2) is 28.4 Å². The molecular formula is C22H19N3O2S. The zero-order chi connectivity index (χ0) is 19.3. The van der Waals surface area contributed by atoms with E-state index in [1.54, 1.807) is 7.11 Å². The van der Waals surface area contributed by atoms with Crippen molar-refractivity contribution in [2.24, 2.45) is 0 Å². The molecule has 1 amide bonds. The number of methoxy groups -OCH3 is 1. The van der Waals surface area contributed by atoms with Gasteiger partial charge in [-0.2, -0.15) is 0 Å². The van der Waals surface area contributed by atoms with Gasteiger partial charge in [0.2, 0.25) is 0 Å². The molecule has 0 spiro atoms. The number of carbonyl (C=O) groups is 1. The molecule has 0 saturated carbocycles. The number of amides is 1. The summed E-state index contributed by atoms with van der Waals surface area (Å²) in [4.78, 5) is 20.8. The van der Waals surface area contributed by atoms with E-state index in [-0.39, 0.29) is 11.9 Å². The molecule has 1 aliphatic heterocycles. The maximum absolute atomic E-state index is 13.4. The van der Waals surface area contributed by atoms with Gasteiger partial charge in [0.15, 0.2) is 4.96 Å². The van der Waals surface area contributed by atoms with Gasteiger partial charge in [-0.1, -0.05) is 18.2 Å². The Labute approximate surface area is 166 Å². The fourth-order valence-electron chi connectivity index (χ4n) is 3.84. The van der Waals surface area contributed by atoms with Crippen molar-refractivity contribution in [3.8, 4) is 17.0 Å². The number of carbonyl (C=O) groups excluding carboxylic acids is 1. The molecule has 0 N–H and O–H groups in total. The Morgan fingerprint density at radius 3 is 2.75 bits per heavy atom. The Balaban J connectivity index is 1.53. The molecule has 3 heterocycles. The average Bonchev–Trinajstić information content (AvgIpc) is 3.39. The number of para-hydroxylation sites is 1. The number of ether oxygens (including phenoxy) is 1. The average molecular weight is 389 g/mol. The molecule has 4 aromatic rings. The quantitative estimate of drug-likeness (QED) is 0.512. The predicted octanol–water partition coefficient (Wildman–Crippen LogP) is 4.66. The highest BCUT2D eigenvalue weighted by molar-refractivity contribution is 7.15. The van der Waals surface area contributed by atoms with Gasteiger partial charge in [-0.25, -0.2) is 4.98 Å². The number of rotatable bonds is 3. The third-order valence-electron chi connectivity index (χ3n) is 5.24. The third-order valence-corrected chi connectivity index (χ3v) is 6.08. The molecule has 1 unspecified atom stereocenters. The van der Waals surface area contributed by atoms with Crippen molar-refractivity contribution in [1.29, 1.82) is 0 Å². The molecule has 2 aromatic heterocycles. The summed E-state index contributed by atoms with van der Waals surface area (Å²) in [5, 5.41) is 1.90. The summed E-state index contributed by atoms with van der Waals surface area (Å²) >= 11 is 1.49. The van der Waals surface area contributed by atoms with Crippen LogP contribution in [0.2, 0.25) is 0 Å². The minimum Gasteiger partial charge on any atom is -0.497 e. The van der Waals surface area contributed by atoms with Gasteiger partial charge in [0.25, 0.3) is 5.91 Å². The highest BCUT2D eigenvalue weighted by Gasteiger charge is 2.32. The number of benzene rings is 2. The first-order valence-electron chi connectivity index (χ1n) is 9.18. The molecule has 0 fully saturated rings.